The summed E-state index contributed by atoms with van der Waals surface area (Å²) in [5.74, 6) is 0.799. The molecule has 1 atom stereocenters. The molecule has 1 aromatic heterocycles. The SMILES string of the molecule is Cc1c(-c2ccccc2)oc(S(=O)c2ccccc2)c1C. The summed E-state index contributed by atoms with van der Waals surface area (Å²) in [7, 11) is -1.29. The Hall–Kier alpha value is -2.13. The first kappa shape index (κ1) is 13.8. The minimum Gasteiger partial charge on any atom is -0.446 e. The fraction of sp³-hybridized carbons (Fsp3) is 0.111. The van der Waals surface area contributed by atoms with Crippen molar-refractivity contribution in [2.24, 2.45) is 0 Å². The molecule has 3 rings (SSSR count). The number of benzene rings is 2. The van der Waals surface area contributed by atoms with Gasteiger partial charge in [0.2, 0.25) is 0 Å². The van der Waals surface area contributed by atoms with E-state index in [1.807, 2.05) is 74.5 Å². The Bertz CT molecular complexity index is 774. The monoisotopic (exact) mass is 296 g/mol. The van der Waals surface area contributed by atoms with Crippen molar-refractivity contribution < 1.29 is 8.63 Å². The Kier molecular flexibility index (Phi) is 3.76. The Morgan fingerprint density at radius 1 is 0.810 bits per heavy atom. The first-order chi connectivity index (χ1) is 10.2. The average Bonchev–Trinajstić information content (AvgIpc) is 2.84. The topological polar surface area (TPSA) is 30.2 Å². The molecule has 3 heteroatoms. The summed E-state index contributed by atoms with van der Waals surface area (Å²) < 4.78 is 18.6. The predicted molar refractivity (Wildman–Crippen MR) is 84.7 cm³/mol. The lowest BCUT2D eigenvalue weighted by atomic mass is 10.1. The lowest BCUT2D eigenvalue weighted by Gasteiger charge is -2.00. The second-order valence-corrected chi connectivity index (χ2v) is 6.30. The maximum atomic E-state index is 12.7. The van der Waals surface area contributed by atoms with E-state index in [1.54, 1.807) is 0 Å². The van der Waals surface area contributed by atoms with E-state index in [0.717, 1.165) is 27.3 Å². The van der Waals surface area contributed by atoms with Crippen LogP contribution in [0.15, 0.2) is 75.1 Å². The molecule has 0 saturated carbocycles. The highest BCUT2D eigenvalue weighted by atomic mass is 32.2. The van der Waals surface area contributed by atoms with Gasteiger partial charge in [0.05, 0.1) is 0 Å². The summed E-state index contributed by atoms with van der Waals surface area (Å²) in [4.78, 5) is 0.758. The summed E-state index contributed by atoms with van der Waals surface area (Å²) >= 11 is 0. The number of furan rings is 1. The van der Waals surface area contributed by atoms with Crippen LogP contribution in [-0.2, 0) is 10.8 Å². The zero-order valence-corrected chi connectivity index (χ0v) is 12.8. The highest BCUT2D eigenvalue weighted by molar-refractivity contribution is 7.85. The fourth-order valence-electron chi connectivity index (χ4n) is 2.26. The van der Waals surface area contributed by atoms with Gasteiger partial charge in [0.25, 0.3) is 0 Å². The van der Waals surface area contributed by atoms with Crippen LogP contribution in [0, 0.1) is 13.8 Å². The Morgan fingerprint density at radius 3 is 2.00 bits per heavy atom. The molecule has 0 aliphatic heterocycles. The molecule has 0 saturated heterocycles. The van der Waals surface area contributed by atoms with Crippen molar-refractivity contribution >= 4 is 10.8 Å². The first-order valence-electron chi connectivity index (χ1n) is 6.80. The Balaban J connectivity index is 2.08. The highest BCUT2D eigenvalue weighted by Gasteiger charge is 2.20. The minimum atomic E-state index is -1.29. The van der Waals surface area contributed by atoms with Crippen LogP contribution < -0.4 is 0 Å². The van der Waals surface area contributed by atoms with Crippen LogP contribution in [0.1, 0.15) is 11.1 Å². The van der Waals surface area contributed by atoms with Crippen LogP contribution in [0.2, 0.25) is 0 Å². The standard InChI is InChI=1S/C18H16O2S/c1-13-14(2)18(21(19)16-11-7-4-8-12-16)20-17(13)15-9-5-3-6-10-15/h3-12H,1-2H3. The van der Waals surface area contributed by atoms with E-state index >= 15 is 0 Å². The van der Waals surface area contributed by atoms with Crippen molar-refractivity contribution in [2.75, 3.05) is 0 Å². The van der Waals surface area contributed by atoms with Crippen molar-refractivity contribution in [3.8, 4) is 11.3 Å². The maximum Gasteiger partial charge on any atom is 0.199 e. The van der Waals surface area contributed by atoms with Gasteiger partial charge in [-0.15, -0.1) is 0 Å². The zero-order chi connectivity index (χ0) is 14.8. The fourth-order valence-corrected chi connectivity index (χ4v) is 3.47. The van der Waals surface area contributed by atoms with Gasteiger partial charge in [-0.1, -0.05) is 48.5 Å². The summed E-state index contributed by atoms with van der Waals surface area (Å²) in [6.07, 6.45) is 0. The minimum absolute atomic E-state index is 0.539. The molecule has 0 N–H and O–H groups in total. The van der Waals surface area contributed by atoms with Gasteiger partial charge in [-0.25, -0.2) is 4.21 Å². The Morgan fingerprint density at radius 2 is 1.38 bits per heavy atom. The van der Waals surface area contributed by atoms with E-state index in [1.165, 1.54) is 0 Å². The average molecular weight is 296 g/mol. The van der Waals surface area contributed by atoms with Crippen molar-refractivity contribution in [3.05, 3.63) is 71.8 Å². The lowest BCUT2D eigenvalue weighted by Crippen LogP contribution is -1.92. The molecular formula is C18H16O2S. The van der Waals surface area contributed by atoms with Crippen molar-refractivity contribution in [3.63, 3.8) is 0 Å². The Labute approximate surface area is 126 Å². The third-order valence-electron chi connectivity index (χ3n) is 3.57. The van der Waals surface area contributed by atoms with Gasteiger partial charge in [0.15, 0.2) is 5.09 Å². The second kappa shape index (κ2) is 5.70. The quantitative estimate of drug-likeness (QED) is 0.699. The largest absolute Gasteiger partial charge is 0.446 e. The maximum absolute atomic E-state index is 12.7. The van der Waals surface area contributed by atoms with Crippen LogP contribution in [0.5, 0.6) is 0 Å². The molecule has 1 heterocycles. The molecule has 1 unspecified atom stereocenters. The zero-order valence-electron chi connectivity index (χ0n) is 12.0. The number of hydrogen-bond donors (Lipinski definition) is 0. The van der Waals surface area contributed by atoms with Gasteiger partial charge in [0.1, 0.15) is 16.6 Å². The van der Waals surface area contributed by atoms with Gasteiger partial charge in [-0.3, -0.25) is 0 Å². The molecule has 106 valence electrons. The highest BCUT2D eigenvalue weighted by Crippen LogP contribution is 2.33. The van der Waals surface area contributed by atoms with Gasteiger partial charge in [-0.2, -0.15) is 0 Å². The summed E-state index contributed by atoms with van der Waals surface area (Å²) in [5, 5.41) is 0.539. The molecule has 2 nitrogen and oxygen atoms in total. The van der Waals surface area contributed by atoms with E-state index in [4.69, 9.17) is 4.42 Å². The molecule has 21 heavy (non-hydrogen) atoms. The van der Waals surface area contributed by atoms with Crippen LogP contribution in [-0.4, -0.2) is 4.21 Å². The molecule has 0 bridgehead atoms. The van der Waals surface area contributed by atoms with Crippen LogP contribution in [0.25, 0.3) is 11.3 Å². The van der Waals surface area contributed by atoms with Gasteiger partial charge < -0.3 is 4.42 Å². The first-order valence-corrected chi connectivity index (χ1v) is 7.95. The molecular weight excluding hydrogens is 280 g/mol. The predicted octanol–water partition coefficient (Wildman–Crippen LogP) is 4.73. The van der Waals surface area contributed by atoms with E-state index in [9.17, 15) is 4.21 Å². The molecule has 0 fully saturated rings. The summed E-state index contributed by atoms with van der Waals surface area (Å²) in [5.41, 5.74) is 3.01. The van der Waals surface area contributed by atoms with Gasteiger partial charge in [-0.05, 0) is 31.5 Å². The van der Waals surface area contributed by atoms with Gasteiger partial charge in [0, 0.05) is 16.0 Å². The van der Waals surface area contributed by atoms with E-state index in [0.29, 0.717) is 5.09 Å². The van der Waals surface area contributed by atoms with E-state index < -0.39 is 10.8 Å². The van der Waals surface area contributed by atoms with Crippen LogP contribution >= 0.6 is 0 Å². The molecule has 0 aliphatic carbocycles. The summed E-state index contributed by atoms with van der Waals surface area (Å²) in [6, 6.07) is 19.3. The van der Waals surface area contributed by atoms with Gasteiger partial charge >= 0.3 is 0 Å². The lowest BCUT2D eigenvalue weighted by molar-refractivity contribution is 0.473. The molecule has 0 aliphatic rings. The van der Waals surface area contributed by atoms with E-state index in [2.05, 4.69) is 0 Å². The van der Waals surface area contributed by atoms with E-state index in [-0.39, 0.29) is 0 Å². The number of rotatable bonds is 3. The third-order valence-corrected chi connectivity index (χ3v) is 4.99. The van der Waals surface area contributed by atoms with Crippen LogP contribution in [0.4, 0.5) is 0 Å². The van der Waals surface area contributed by atoms with Crippen LogP contribution in [0.3, 0.4) is 0 Å². The second-order valence-electron chi connectivity index (χ2n) is 4.92. The number of hydrogen-bond acceptors (Lipinski definition) is 2. The third kappa shape index (κ3) is 2.57. The molecule has 0 amide bonds. The van der Waals surface area contributed by atoms with Crippen molar-refractivity contribution in [1.29, 1.82) is 0 Å². The van der Waals surface area contributed by atoms with Crippen molar-refractivity contribution in [1.82, 2.24) is 0 Å². The summed E-state index contributed by atoms with van der Waals surface area (Å²) in [6.45, 7) is 3.97. The van der Waals surface area contributed by atoms with Crippen molar-refractivity contribution in [2.45, 2.75) is 23.8 Å². The molecule has 2 aromatic carbocycles. The normalized spacial score (nSPS) is 12.3. The smallest absolute Gasteiger partial charge is 0.199 e. The molecule has 3 aromatic rings. The molecule has 0 radical (unpaired) electrons. The molecule has 0 spiro atoms.